The number of methoxy groups -OCH3 is 1. The minimum atomic E-state index is -1.22. The average molecular weight is 421 g/mol. The van der Waals surface area contributed by atoms with E-state index in [1.807, 2.05) is 18.2 Å². The van der Waals surface area contributed by atoms with E-state index in [0.29, 0.717) is 17.9 Å². The SMILES string of the molecule is COc1ccc([C@]2(C)NC(=O)N(CC(=O)NCC3(c4ccccc4)CCC3)C2=O)cc1. The van der Waals surface area contributed by atoms with Crippen molar-refractivity contribution in [1.82, 2.24) is 15.5 Å². The Bertz CT molecular complexity index is 986. The molecule has 1 atom stereocenters. The molecule has 1 aliphatic heterocycles. The highest BCUT2D eigenvalue weighted by Gasteiger charge is 2.49. The van der Waals surface area contributed by atoms with Crippen molar-refractivity contribution >= 4 is 17.8 Å². The second kappa shape index (κ2) is 8.06. The molecule has 2 aromatic rings. The topological polar surface area (TPSA) is 87.7 Å². The van der Waals surface area contributed by atoms with Crippen LogP contribution in [-0.4, -0.2) is 42.9 Å². The van der Waals surface area contributed by atoms with E-state index in [1.165, 1.54) is 5.56 Å². The van der Waals surface area contributed by atoms with Crippen LogP contribution in [0.25, 0.3) is 0 Å². The molecule has 2 aliphatic rings. The molecule has 0 spiro atoms. The van der Waals surface area contributed by atoms with Gasteiger partial charge in [0.05, 0.1) is 7.11 Å². The fourth-order valence-corrected chi connectivity index (χ4v) is 4.39. The van der Waals surface area contributed by atoms with Gasteiger partial charge in [-0.1, -0.05) is 48.9 Å². The number of hydrogen-bond donors (Lipinski definition) is 2. The Hall–Kier alpha value is -3.35. The summed E-state index contributed by atoms with van der Waals surface area (Å²) >= 11 is 0. The largest absolute Gasteiger partial charge is 0.497 e. The van der Waals surface area contributed by atoms with Gasteiger partial charge in [0.1, 0.15) is 17.8 Å². The second-order valence-corrected chi connectivity index (χ2v) is 8.45. The lowest BCUT2D eigenvalue weighted by atomic mass is 9.64. The summed E-state index contributed by atoms with van der Waals surface area (Å²) < 4.78 is 5.15. The van der Waals surface area contributed by atoms with Crippen LogP contribution in [0.15, 0.2) is 54.6 Å². The number of ether oxygens (including phenoxy) is 1. The van der Waals surface area contributed by atoms with Gasteiger partial charge < -0.3 is 15.4 Å². The van der Waals surface area contributed by atoms with Gasteiger partial charge in [-0.25, -0.2) is 4.79 Å². The number of benzene rings is 2. The van der Waals surface area contributed by atoms with Crippen molar-refractivity contribution in [2.75, 3.05) is 20.2 Å². The molecule has 0 unspecified atom stereocenters. The van der Waals surface area contributed by atoms with Gasteiger partial charge in [0.25, 0.3) is 5.91 Å². The van der Waals surface area contributed by atoms with Gasteiger partial charge in [0.2, 0.25) is 5.91 Å². The number of nitrogens with one attached hydrogen (secondary N) is 2. The lowest BCUT2D eigenvalue weighted by Crippen LogP contribution is -2.49. The Kier molecular flexibility index (Phi) is 5.43. The summed E-state index contributed by atoms with van der Waals surface area (Å²) in [6.07, 6.45) is 3.14. The van der Waals surface area contributed by atoms with E-state index in [4.69, 9.17) is 4.74 Å². The first-order chi connectivity index (χ1) is 14.9. The lowest BCUT2D eigenvalue weighted by molar-refractivity contribution is -0.134. The number of hydrogen-bond acceptors (Lipinski definition) is 4. The number of amides is 4. The van der Waals surface area contributed by atoms with Crippen molar-refractivity contribution in [3.63, 3.8) is 0 Å². The number of imide groups is 1. The highest BCUT2D eigenvalue weighted by molar-refractivity contribution is 6.09. The lowest BCUT2D eigenvalue weighted by Gasteiger charge is -2.42. The van der Waals surface area contributed by atoms with Crippen molar-refractivity contribution < 1.29 is 19.1 Å². The maximum absolute atomic E-state index is 13.0. The van der Waals surface area contributed by atoms with E-state index < -0.39 is 17.5 Å². The molecular formula is C24H27N3O4. The number of carbonyl (C=O) groups excluding carboxylic acids is 3. The smallest absolute Gasteiger partial charge is 0.325 e. The summed E-state index contributed by atoms with van der Waals surface area (Å²) in [5.41, 5.74) is 0.560. The van der Waals surface area contributed by atoms with Crippen molar-refractivity contribution in [2.45, 2.75) is 37.1 Å². The first-order valence-electron chi connectivity index (χ1n) is 10.5. The third-order valence-corrected chi connectivity index (χ3v) is 6.56. The van der Waals surface area contributed by atoms with Crippen LogP contribution in [0.2, 0.25) is 0 Å². The Morgan fingerprint density at radius 1 is 1.06 bits per heavy atom. The molecule has 1 saturated heterocycles. The molecule has 2 fully saturated rings. The number of urea groups is 1. The minimum Gasteiger partial charge on any atom is -0.497 e. The third-order valence-electron chi connectivity index (χ3n) is 6.56. The first kappa shape index (κ1) is 20.9. The van der Waals surface area contributed by atoms with Crippen LogP contribution in [0.3, 0.4) is 0 Å². The summed E-state index contributed by atoms with van der Waals surface area (Å²) in [7, 11) is 1.56. The quantitative estimate of drug-likeness (QED) is 0.673. The summed E-state index contributed by atoms with van der Waals surface area (Å²) in [6.45, 7) is 1.84. The normalized spacial score (nSPS) is 21.9. The van der Waals surface area contributed by atoms with Crippen LogP contribution in [0.4, 0.5) is 4.79 Å². The molecule has 7 heteroatoms. The summed E-state index contributed by atoms with van der Waals surface area (Å²) in [4.78, 5) is 39.2. The maximum atomic E-state index is 13.0. The first-order valence-corrected chi connectivity index (χ1v) is 10.5. The molecule has 2 aromatic carbocycles. The molecule has 0 aromatic heterocycles. The molecule has 162 valence electrons. The van der Waals surface area contributed by atoms with Gasteiger partial charge in [-0.2, -0.15) is 0 Å². The number of nitrogens with zero attached hydrogens (tertiary/aromatic N) is 1. The molecule has 2 N–H and O–H groups in total. The van der Waals surface area contributed by atoms with Gasteiger partial charge in [-0.3, -0.25) is 14.5 Å². The molecule has 1 aliphatic carbocycles. The third kappa shape index (κ3) is 3.76. The van der Waals surface area contributed by atoms with E-state index in [1.54, 1.807) is 38.3 Å². The predicted octanol–water partition coefficient (Wildman–Crippen LogP) is 2.70. The van der Waals surface area contributed by atoms with Gasteiger partial charge in [-0.05, 0) is 43.0 Å². The second-order valence-electron chi connectivity index (χ2n) is 8.45. The van der Waals surface area contributed by atoms with E-state index in [-0.39, 0.29) is 17.9 Å². The van der Waals surface area contributed by atoms with Gasteiger partial charge in [-0.15, -0.1) is 0 Å². The molecule has 7 nitrogen and oxygen atoms in total. The molecule has 4 amide bonds. The average Bonchev–Trinajstić information content (AvgIpc) is 2.97. The predicted molar refractivity (Wildman–Crippen MR) is 116 cm³/mol. The fourth-order valence-electron chi connectivity index (χ4n) is 4.39. The van der Waals surface area contributed by atoms with Crippen LogP contribution in [0.1, 0.15) is 37.3 Å². The highest BCUT2D eigenvalue weighted by Crippen LogP contribution is 2.43. The fraction of sp³-hybridized carbons (Fsp3) is 0.375. The number of rotatable bonds is 7. The van der Waals surface area contributed by atoms with E-state index in [9.17, 15) is 14.4 Å². The van der Waals surface area contributed by atoms with Gasteiger partial charge in [0, 0.05) is 12.0 Å². The van der Waals surface area contributed by atoms with E-state index >= 15 is 0 Å². The monoisotopic (exact) mass is 421 g/mol. The van der Waals surface area contributed by atoms with Gasteiger partial charge >= 0.3 is 6.03 Å². The van der Waals surface area contributed by atoms with Crippen LogP contribution < -0.4 is 15.4 Å². The Balaban J connectivity index is 1.41. The minimum absolute atomic E-state index is 0.0637. The molecule has 4 rings (SSSR count). The van der Waals surface area contributed by atoms with Crippen LogP contribution in [0.5, 0.6) is 5.75 Å². The van der Waals surface area contributed by atoms with Crippen molar-refractivity contribution in [2.24, 2.45) is 0 Å². The Morgan fingerprint density at radius 2 is 1.74 bits per heavy atom. The van der Waals surface area contributed by atoms with Crippen molar-refractivity contribution in [3.8, 4) is 5.75 Å². The Labute approximate surface area is 181 Å². The zero-order chi connectivity index (χ0) is 22.1. The molecule has 0 radical (unpaired) electrons. The maximum Gasteiger partial charge on any atom is 0.325 e. The van der Waals surface area contributed by atoms with E-state index in [2.05, 4.69) is 22.8 Å². The van der Waals surface area contributed by atoms with Crippen LogP contribution >= 0.6 is 0 Å². The molecule has 31 heavy (non-hydrogen) atoms. The molecule has 0 bridgehead atoms. The highest BCUT2D eigenvalue weighted by atomic mass is 16.5. The zero-order valence-electron chi connectivity index (χ0n) is 17.8. The summed E-state index contributed by atoms with van der Waals surface area (Å²) in [5.74, 6) is -0.132. The Morgan fingerprint density at radius 3 is 2.32 bits per heavy atom. The van der Waals surface area contributed by atoms with Crippen molar-refractivity contribution in [1.29, 1.82) is 0 Å². The van der Waals surface area contributed by atoms with E-state index in [0.717, 1.165) is 24.2 Å². The molecular weight excluding hydrogens is 394 g/mol. The van der Waals surface area contributed by atoms with Crippen LogP contribution in [-0.2, 0) is 20.5 Å². The molecule has 1 saturated carbocycles. The zero-order valence-corrected chi connectivity index (χ0v) is 17.8. The van der Waals surface area contributed by atoms with Crippen molar-refractivity contribution in [3.05, 3.63) is 65.7 Å². The summed E-state index contributed by atoms with van der Waals surface area (Å²) in [5, 5.41) is 5.67. The van der Waals surface area contributed by atoms with Crippen LogP contribution in [0, 0.1) is 0 Å². The number of carbonyl (C=O) groups is 3. The summed E-state index contributed by atoms with van der Waals surface area (Å²) in [6, 6.07) is 16.5. The molecule has 1 heterocycles. The van der Waals surface area contributed by atoms with Gasteiger partial charge in [0.15, 0.2) is 0 Å². The standard InChI is InChI=1S/C24H27N3O4/c1-23(17-9-11-19(31-2)12-10-17)21(29)27(22(30)26-23)15-20(28)25-16-24(13-6-14-24)18-7-4-3-5-8-18/h3-5,7-12H,6,13-16H2,1-2H3,(H,25,28)(H,26,30)/t23-/m0/s1.